The molecule has 1 aliphatic rings. The average molecular weight is 312 g/mol. The van der Waals surface area contributed by atoms with Crippen LogP contribution < -0.4 is 4.74 Å². The zero-order chi connectivity index (χ0) is 15.9. The van der Waals surface area contributed by atoms with Gasteiger partial charge in [0.15, 0.2) is 11.6 Å². The van der Waals surface area contributed by atoms with Gasteiger partial charge in [0, 0.05) is 12.7 Å². The van der Waals surface area contributed by atoms with Crippen LogP contribution in [0.15, 0.2) is 18.2 Å². The summed E-state index contributed by atoms with van der Waals surface area (Å²) in [7, 11) is 0. The minimum Gasteiger partial charge on any atom is -0.423 e. The summed E-state index contributed by atoms with van der Waals surface area (Å²) in [6.07, 6.45) is 5.34. The number of ether oxygens (including phenoxy) is 2. The van der Waals surface area contributed by atoms with Crippen molar-refractivity contribution in [2.24, 2.45) is 5.92 Å². The van der Waals surface area contributed by atoms with Crippen molar-refractivity contribution in [3.05, 3.63) is 29.8 Å². The molecule has 1 saturated carbocycles. The number of benzene rings is 1. The minimum atomic E-state index is -0.857. The summed E-state index contributed by atoms with van der Waals surface area (Å²) in [5.41, 5.74) is 0. The van der Waals surface area contributed by atoms with E-state index in [1.807, 2.05) is 0 Å². The highest BCUT2D eigenvalue weighted by atomic mass is 19.1. The maximum absolute atomic E-state index is 13.5. The van der Waals surface area contributed by atoms with Gasteiger partial charge in [0.2, 0.25) is 0 Å². The van der Waals surface area contributed by atoms with E-state index in [1.54, 1.807) is 0 Å². The standard InChI is InChI=1S/C17H22F2O3/c1-2-3-10-21-14-7-4-12(5-8-14)17(20)22-16-9-6-13(18)11-15(16)19/h6,9,11-12,14H,2-5,7-8,10H2,1H3. The Bertz CT molecular complexity index is 497. The molecule has 0 radical (unpaired) electrons. The molecule has 0 aliphatic heterocycles. The number of hydrogen-bond donors (Lipinski definition) is 0. The van der Waals surface area contributed by atoms with Crippen molar-refractivity contribution in [3.8, 4) is 5.75 Å². The molecule has 5 heteroatoms. The van der Waals surface area contributed by atoms with Crippen LogP contribution in [0.2, 0.25) is 0 Å². The molecule has 0 saturated heterocycles. The molecule has 2 rings (SSSR count). The summed E-state index contributed by atoms with van der Waals surface area (Å²) >= 11 is 0. The van der Waals surface area contributed by atoms with Crippen LogP contribution in [0.25, 0.3) is 0 Å². The number of unbranched alkanes of at least 4 members (excludes halogenated alkanes) is 1. The second-order valence-corrected chi connectivity index (χ2v) is 5.69. The van der Waals surface area contributed by atoms with Crippen molar-refractivity contribution < 1.29 is 23.0 Å². The number of carbonyl (C=O) groups excluding carboxylic acids is 1. The van der Waals surface area contributed by atoms with Crippen molar-refractivity contribution in [3.63, 3.8) is 0 Å². The molecule has 3 nitrogen and oxygen atoms in total. The van der Waals surface area contributed by atoms with E-state index in [9.17, 15) is 13.6 Å². The van der Waals surface area contributed by atoms with E-state index in [0.29, 0.717) is 18.9 Å². The third kappa shape index (κ3) is 4.77. The Hall–Kier alpha value is -1.49. The highest BCUT2D eigenvalue weighted by molar-refractivity contribution is 5.75. The molecule has 0 unspecified atom stereocenters. The molecule has 1 fully saturated rings. The molecule has 0 atom stereocenters. The Morgan fingerprint density at radius 3 is 2.59 bits per heavy atom. The van der Waals surface area contributed by atoms with Crippen molar-refractivity contribution >= 4 is 5.97 Å². The van der Waals surface area contributed by atoms with Crippen LogP contribution in [0.1, 0.15) is 45.4 Å². The Kier molecular flexibility index (Phi) is 6.31. The molecule has 0 spiro atoms. The predicted molar refractivity (Wildman–Crippen MR) is 78.6 cm³/mol. The topological polar surface area (TPSA) is 35.5 Å². The van der Waals surface area contributed by atoms with E-state index >= 15 is 0 Å². The van der Waals surface area contributed by atoms with Crippen LogP contribution in [-0.2, 0) is 9.53 Å². The molecular formula is C17H22F2O3. The zero-order valence-corrected chi connectivity index (χ0v) is 12.8. The highest BCUT2D eigenvalue weighted by Crippen LogP contribution is 2.28. The van der Waals surface area contributed by atoms with Crippen molar-refractivity contribution in [2.75, 3.05) is 6.61 Å². The molecule has 0 heterocycles. The van der Waals surface area contributed by atoms with Crippen molar-refractivity contribution in [2.45, 2.75) is 51.6 Å². The van der Waals surface area contributed by atoms with Crippen LogP contribution in [0.3, 0.4) is 0 Å². The minimum absolute atomic E-state index is 0.207. The molecule has 0 aromatic heterocycles. The lowest BCUT2D eigenvalue weighted by atomic mass is 9.87. The molecule has 1 aliphatic carbocycles. The Labute approximate surface area is 129 Å². The van der Waals surface area contributed by atoms with Gasteiger partial charge in [-0.3, -0.25) is 4.79 Å². The smallest absolute Gasteiger partial charge is 0.314 e. The molecular weight excluding hydrogens is 290 g/mol. The van der Waals surface area contributed by atoms with Crippen LogP contribution >= 0.6 is 0 Å². The number of rotatable bonds is 6. The van der Waals surface area contributed by atoms with Gasteiger partial charge in [-0.25, -0.2) is 8.78 Å². The average Bonchev–Trinajstić information content (AvgIpc) is 2.51. The molecule has 1 aromatic carbocycles. The van der Waals surface area contributed by atoms with E-state index in [1.165, 1.54) is 0 Å². The van der Waals surface area contributed by atoms with Crippen LogP contribution in [0, 0.1) is 17.6 Å². The maximum atomic E-state index is 13.5. The largest absolute Gasteiger partial charge is 0.423 e. The number of carbonyl (C=O) groups is 1. The van der Waals surface area contributed by atoms with Gasteiger partial charge in [-0.05, 0) is 44.2 Å². The number of halogens is 2. The Morgan fingerprint density at radius 1 is 1.23 bits per heavy atom. The first-order valence-electron chi connectivity index (χ1n) is 7.88. The zero-order valence-electron chi connectivity index (χ0n) is 12.8. The SMILES string of the molecule is CCCCOC1CCC(C(=O)Oc2ccc(F)cc2F)CC1. The van der Waals surface area contributed by atoms with E-state index in [0.717, 1.165) is 44.4 Å². The summed E-state index contributed by atoms with van der Waals surface area (Å²) < 4.78 is 37.1. The highest BCUT2D eigenvalue weighted by Gasteiger charge is 2.28. The van der Waals surface area contributed by atoms with E-state index in [-0.39, 0.29) is 17.8 Å². The predicted octanol–water partition coefficient (Wildman–Crippen LogP) is 4.25. The fraction of sp³-hybridized carbons (Fsp3) is 0.588. The van der Waals surface area contributed by atoms with E-state index < -0.39 is 17.6 Å². The van der Waals surface area contributed by atoms with Gasteiger partial charge in [0.25, 0.3) is 0 Å². The molecule has 0 amide bonds. The van der Waals surface area contributed by atoms with Gasteiger partial charge in [-0.1, -0.05) is 13.3 Å². The van der Waals surface area contributed by atoms with E-state index in [2.05, 4.69) is 6.92 Å². The van der Waals surface area contributed by atoms with Gasteiger partial charge in [0.1, 0.15) is 5.82 Å². The third-order valence-electron chi connectivity index (χ3n) is 3.96. The van der Waals surface area contributed by atoms with E-state index in [4.69, 9.17) is 9.47 Å². The molecule has 22 heavy (non-hydrogen) atoms. The van der Waals surface area contributed by atoms with Crippen molar-refractivity contribution in [1.82, 2.24) is 0 Å². The summed E-state index contributed by atoms with van der Waals surface area (Å²) in [6, 6.07) is 2.92. The molecule has 122 valence electrons. The van der Waals surface area contributed by atoms with Crippen LogP contribution in [-0.4, -0.2) is 18.7 Å². The first-order chi connectivity index (χ1) is 10.6. The van der Waals surface area contributed by atoms with Gasteiger partial charge >= 0.3 is 5.97 Å². The third-order valence-corrected chi connectivity index (χ3v) is 3.96. The first-order valence-corrected chi connectivity index (χ1v) is 7.88. The first kappa shape index (κ1) is 16.9. The molecule has 0 bridgehead atoms. The second-order valence-electron chi connectivity index (χ2n) is 5.69. The summed E-state index contributed by atoms with van der Waals surface area (Å²) in [4.78, 5) is 12.0. The lowest BCUT2D eigenvalue weighted by Gasteiger charge is -2.27. The molecule has 0 N–H and O–H groups in total. The van der Waals surface area contributed by atoms with Crippen molar-refractivity contribution in [1.29, 1.82) is 0 Å². The lowest BCUT2D eigenvalue weighted by Crippen LogP contribution is -2.29. The van der Waals surface area contributed by atoms with Crippen LogP contribution in [0.5, 0.6) is 5.75 Å². The summed E-state index contributed by atoms with van der Waals surface area (Å²) in [6.45, 7) is 2.88. The fourth-order valence-corrected chi connectivity index (χ4v) is 2.61. The van der Waals surface area contributed by atoms with Gasteiger partial charge in [0.05, 0.1) is 12.0 Å². The fourth-order valence-electron chi connectivity index (χ4n) is 2.61. The molecule has 1 aromatic rings. The Balaban J connectivity index is 1.80. The second kappa shape index (κ2) is 8.22. The number of esters is 1. The van der Waals surface area contributed by atoms with Gasteiger partial charge < -0.3 is 9.47 Å². The normalized spacial score (nSPS) is 21.6. The van der Waals surface area contributed by atoms with Gasteiger partial charge in [-0.2, -0.15) is 0 Å². The number of hydrogen-bond acceptors (Lipinski definition) is 3. The maximum Gasteiger partial charge on any atom is 0.314 e. The quantitative estimate of drug-likeness (QED) is 0.447. The Morgan fingerprint density at radius 2 is 1.95 bits per heavy atom. The summed E-state index contributed by atoms with van der Waals surface area (Å²) in [5, 5.41) is 0. The summed E-state index contributed by atoms with van der Waals surface area (Å²) in [5.74, 6) is -2.45. The monoisotopic (exact) mass is 312 g/mol. The van der Waals surface area contributed by atoms with Gasteiger partial charge in [-0.15, -0.1) is 0 Å². The lowest BCUT2D eigenvalue weighted by molar-refractivity contribution is -0.141. The van der Waals surface area contributed by atoms with Crippen LogP contribution in [0.4, 0.5) is 8.78 Å².